The normalized spacial score (nSPS) is 32.2. The molecule has 0 unspecified atom stereocenters. The lowest BCUT2D eigenvalue weighted by atomic mass is 9.72. The molecule has 18 nitrogen and oxygen atoms in total. The highest BCUT2D eigenvalue weighted by Crippen LogP contribution is 2.53. The molecule has 6 atom stereocenters. The van der Waals surface area contributed by atoms with Gasteiger partial charge in [-0.15, -0.1) is 11.3 Å². The number of carbonyl (C=O) groups is 3. The van der Waals surface area contributed by atoms with E-state index in [2.05, 4.69) is 94.3 Å². The number of hydrazine groups is 1. The number of esters is 1. The highest BCUT2D eigenvalue weighted by Gasteiger charge is 2.62. The number of morpholine rings is 1. The van der Waals surface area contributed by atoms with Gasteiger partial charge in [0.15, 0.2) is 0 Å². The van der Waals surface area contributed by atoms with Crippen LogP contribution in [0.2, 0.25) is 0 Å². The number of ether oxygens (including phenoxy) is 6. The van der Waals surface area contributed by atoms with Crippen molar-refractivity contribution in [3.05, 3.63) is 52.1 Å². The fourth-order valence-corrected chi connectivity index (χ4v) is 15.3. The van der Waals surface area contributed by atoms with E-state index in [1.807, 2.05) is 13.1 Å². The molecule has 8 aliphatic heterocycles. The first-order valence-corrected chi connectivity index (χ1v) is 30.4. The molecule has 0 radical (unpaired) electrons. The van der Waals surface area contributed by atoms with E-state index in [4.69, 9.17) is 38.4 Å². The van der Waals surface area contributed by atoms with E-state index in [0.29, 0.717) is 89.1 Å². The number of hydrogen-bond acceptors (Lipinski definition) is 16. The van der Waals surface area contributed by atoms with Gasteiger partial charge in [-0.2, -0.15) is 0 Å². The van der Waals surface area contributed by atoms with Crippen molar-refractivity contribution in [1.29, 1.82) is 0 Å². The molecule has 2 N–H and O–H groups in total. The van der Waals surface area contributed by atoms with Crippen LogP contribution in [0.1, 0.15) is 121 Å². The van der Waals surface area contributed by atoms with Gasteiger partial charge in [0.1, 0.15) is 22.7 Å². The van der Waals surface area contributed by atoms with Crippen molar-refractivity contribution >= 4 is 45.7 Å². The molecule has 2 amide bonds. The van der Waals surface area contributed by atoms with E-state index in [9.17, 15) is 9.59 Å². The number of piperazine rings is 1. The van der Waals surface area contributed by atoms with Crippen molar-refractivity contribution in [3.8, 4) is 22.5 Å². The number of anilines is 1. The Hall–Kier alpha value is -4.57. The second-order valence-electron chi connectivity index (χ2n) is 25.8. The van der Waals surface area contributed by atoms with Gasteiger partial charge in [0.25, 0.3) is 11.8 Å². The fourth-order valence-electron chi connectivity index (χ4n) is 14.4. The number of nitrogens with zero attached hydrogens (tertiary/aromatic N) is 7. The third-order valence-electron chi connectivity index (χ3n) is 19.2. The van der Waals surface area contributed by atoms with Crippen molar-refractivity contribution in [2.75, 3.05) is 84.3 Å². The van der Waals surface area contributed by atoms with Crippen LogP contribution in [0, 0.1) is 17.3 Å². The standard InChI is InChI=1S/C60H81N9O9S/c1-35-39-28-60(29-39,78-35)57(72)63-51-53(67-17-21-74-22-18-67)54-62-47(33-79-54)37-8-11-48-44(26-37)46(31-58(3,4)34-76-56(71)50-38-24-41(25-38)69(64-50)55(51)70)52(68(48)19-23-75-43-12-20-77-59(5,6)30-43)45-27-42(32-61-49(45)36(2)73-7)66-15-13-65(14-16-66)40-9-10-40/h8,11,26-27,32-33,35-36,38-41,43,50-51,53,64H,9-10,12-25,28-31,34H2,1-7H3,(H,63,72)/t35-,36+,38?,39?,41?,43-,50+,51+,53+,60?/m1/s1. The van der Waals surface area contributed by atoms with Gasteiger partial charge in [-0.25, -0.2) is 10.4 Å². The molecule has 79 heavy (non-hydrogen) atoms. The highest BCUT2D eigenvalue weighted by atomic mass is 32.1. The second kappa shape index (κ2) is 21.0. The molecule has 4 aromatic rings. The van der Waals surface area contributed by atoms with E-state index in [0.717, 1.165) is 95.4 Å². The minimum Gasteiger partial charge on any atom is -0.464 e. The summed E-state index contributed by atoms with van der Waals surface area (Å²) >= 11 is 1.51. The fraction of sp³-hybridized carbons (Fsp3) is 0.683. The molecular weight excluding hydrogens is 1020 g/mol. The topological polar surface area (TPSA) is 174 Å². The predicted octanol–water partition coefficient (Wildman–Crippen LogP) is 6.84. The highest BCUT2D eigenvalue weighted by molar-refractivity contribution is 7.10. The van der Waals surface area contributed by atoms with Gasteiger partial charge in [-0.1, -0.05) is 19.9 Å². The number of carbonyl (C=O) groups excluding carboxylic acids is 3. The first-order chi connectivity index (χ1) is 38.0. The lowest BCUT2D eigenvalue weighted by Gasteiger charge is -2.53. The molecule has 15 rings (SSSR count). The van der Waals surface area contributed by atoms with Crippen LogP contribution in [-0.4, -0.2) is 174 Å². The maximum absolute atomic E-state index is 15.6. The molecule has 3 aliphatic carbocycles. The molecule has 10 fully saturated rings. The number of nitrogens with one attached hydrogen (secondary N) is 2. The maximum Gasteiger partial charge on any atom is 0.325 e. The number of benzene rings is 1. The zero-order valence-corrected chi connectivity index (χ0v) is 48.1. The Morgan fingerprint density at radius 2 is 1.73 bits per heavy atom. The van der Waals surface area contributed by atoms with Gasteiger partial charge in [-0.05, 0) is 115 Å². The number of fused-ring (bicyclic) bond motifs is 5. The van der Waals surface area contributed by atoms with Crippen LogP contribution in [0.4, 0.5) is 5.69 Å². The summed E-state index contributed by atoms with van der Waals surface area (Å²) in [7, 11) is 1.75. The van der Waals surface area contributed by atoms with Crippen LogP contribution in [0.15, 0.2) is 35.8 Å². The summed E-state index contributed by atoms with van der Waals surface area (Å²) < 4.78 is 40.3. The lowest BCUT2D eigenvalue weighted by Crippen LogP contribution is -2.72. The van der Waals surface area contributed by atoms with Crippen LogP contribution in [0.25, 0.3) is 33.4 Å². The van der Waals surface area contributed by atoms with Gasteiger partial charge < -0.3 is 43.2 Å². The van der Waals surface area contributed by atoms with Crippen molar-refractivity contribution in [2.45, 2.75) is 166 Å². The quantitative estimate of drug-likeness (QED) is 0.141. The van der Waals surface area contributed by atoms with Crippen LogP contribution in [0.3, 0.4) is 0 Å². The summed E-state index contributed by atoms with van der Waals surface area (Å²) in [4.78, 5) is 63.1. The van der Waals surface area contributed by atoms with Crippen LogP contribution >= 0.6 is 11.3 Å². The van der Waals surface area contributed by atoms with Gasteiger partial charge >= 0.3 is 5.97 Å². The Kier molecular flexibility index (Phi) is 14.3. The largest absolute Gasteiger partial charge is 0.464 e. The summed E-state index contributed by atoms with van der Waals surface area (Å²) in [5.74, 6) is -0.631. The minimum atomic E-state index is -1.05. The maximum atomic E-state index is 15.6. The number of thiazole rings is 1. The monoisotopic (exact) mass is 1100 g/mol. The first kappa shape index (κ1) is 53.7. The first-order valence-electron chi connectivity index (χ1n) is 29.5. The lowest BCUT2D eigenvalue weighted by molar-refractivity contribution is -0.173. The Bertz CT molecular complexity index is 2950. The number of pyridine rings is 1. The number of amides is 2. The summed E-state index contributed by atoms with van der Waals surface area (Å²) in [6.07, 6.45) is 9.12. The van der Waals surface area contributed by atoms with E-state index in [-0.39, 0.29) is 60.3 Å². The molecular formula is C60H81N9O9S. The van der Waals surface area contributed by atoms with Gasteiger partial charge in [0, 0.05) is 111 Å². The van der Waals surface area contributed by atoms with Crippen LogP contribution in [0.5, 0.6) is 0 Å². The Morgan fingerprint density at radius 3 is 2.46 bits per heavy atom. The molecule has 11 heterocycles. The third kappa shape index (κ3) is 10.2. The number of aromatic nitrogens is 3. The summed E-state index contributed by atoms with van der Waals surface area (Å²) in [6.45, 7) is 20.5. The average molecular weight is 1100 g/mol. The number of hydrogen-bond donors (Lipinski definition) is 2. The van der Waals surface area contributed by atoms with E-state index in [1.165, 1.54) is 24.2 Å². The van der Waals surface area contributed by atoms with Crippen LogP contribution in [-0.2, 0) is 55.8 Å². The molecule has 7 saturated heterocycles. The van der Waals surface area contributed by atoms with Crippen molar-refractivity contribution in [3.63, 3.8) is 0 Å². The zero-order chi connectivity index (χ0) is 54.5. The Balaban J connectivity index is 0.956. The molecule has 0 spiro atoms. The Labute approximate surface area is 468 Å². The van der Waals surface area contributed by atoms with E-state index in [1.54, 1.807) is 12.1 Å². The van der Waals surface area contributed by atoms with Gasteiger partial charge in [-0.3, -0.25) is 34.2 Å². The average Bonchev–Trinajstić information content (AvgIpc) is 4.06. The van der Waals surface area contributed by atoms with Gasteiger partial charge in [0.05, 0.1) is 85.3 Å². The van der Waals surface area contributed by atoms with E-state index >= 15 is 4.79 Å². The van der Waals surface area contributed by atoms with E-state index < -0.39 is 29.1 Å². The predicted molar refractivity (Wildman–Crippen MR) is 299 cm³/mol. The Morgan fingerprint density at radius 1 is 0.949 bits per heavy atom. The summed E-state index contributed by atoms with van der Waals surface area (Å²) in [5.41, 5.74) is 9.47. The molecule has 1 aromatic carbocycles. The number of rotatable bonds is 12. The van der Waals surface area contributed by atoms with Crippen molar-refractivity contribution < 1.29 is 42.8 Å². The van der Waals surface area contributed by atoms with Gasteiger partial charge in [0.2, 0.25) is 0 Å². The molecule has 3 aromatic heterocycles. The molecule has 3 saturated carbocycles. The number of cyclic esters (lactones) is 1. The molecule has 10 bridgehead atoms. The smallest absolute Gasteiger partial charge is 0.325 e. The molecule has 11 aliphatic rings. The second-order valence-corrected chi connectivity index (χ2v) is 26.7. The van der Waals surface area contributed by atoms with Crippen molar-refractivity contribution in [2.24, 2.45) is 17.3 Å². The molecule has 19 heteroatoms. The zero-order valence-electron chi connectivity index (χ0n) is 47.3. The summed E-state index contributed by atoms with van der Waals surface area (Å²) in [5, 5.41) is 8.82. The van der Waals surface area contributed by atoms with Crippen molar-refractivity contribution in [1.82, 2.24) is 40.1 Å². The van der Waals surface area contributed by atoms with Crippen LogP contribution < -0.4 is 15.6 Å². The third-order valence-corrected chi connectivity index (χ3v) is 20.1. The number of methoxy groups -OCH3 is 1. The summed E-state index contributed by atoms with van der Waals surface area (Å²) in [6, 6.07) is 7.16. The molecule has 426 valence electrons. The minimum absolute atomic E-state index is 0.00844. The SMILES string of the molecule is CO[C@@H](C)c1ncc(N2CCN(C3CC3)CC2)cc1-c1c2c3cc(ccc3n1CCO[C@@H]1CCOC(C)(C)C1)-c1csc(n1)[C@@H](N1CCOCC1)[C@H](NC(=O)C13CC(C1)[C@@H](C)O3)C(=O)N1N[C@H](C(=O)OCC(C)(C)C2)C2CC1C2.